The van der Waals surface area contributed by atoms with Gasteiger partial charge in [0.05, 0.1) is 18.5 Å². The predicted octanol–water partition coefficient (Wildman–Crippen LogP) is 1.48. The van der Waals surface area contributed by atoms with Crippen LogP contribution in [0.2, 0.25) is 0 Å². The summed E-state index contributed by atoms with van der Waals surface area (Å²) in [5.41, 5.74) is 1.92. The summed E-state index contributed by atoms with van der Waals surface area (Å²) in [6.45, 7) is 3.26. The number of hydrogen-bond donors (Lipinski definition) is 1. The van der Waals surface area contributed by atoms with Crippen LogP contribution in [-0.4, -0.2) is 22.1 Å². The first-order valence-corrected chi connectivity index (χ1v) is 5.77. The Bertz CT molecular complexity index is 516. The Hall–Kier alpha value is -2.01. The predicted molar refractivity (Wildman–Crippen MR) is 68.1 cm³/mol. The molecule has 94 valence electrons. The average Bonchev–Trinajstić information content (AvgIpc) is 2.39. The summed E-state index contributed by atoms with van der Waals surface area (Å²) in [6, 6.07) is 7.62. The van der Waals surface area contributed by atoms with E-state index in [0.29, 0.717) is 19.0 Å². The third kappa shape index (κ3) is 3.49. The Morgan fingerprint density at radius 3 is 2.61 bits per heavy atom. The molecule has 0 radical (unpaired) electrons. The first kappa shape index (κ1) is 12.4. The zero-order valence-corrected chi connectivity index (χ0v) is 10.6. The fourth-order valence-electron chi connectivity index (χ4n) is 1.59. The third-order valence-electron chi connectivity index (χ3n) is 2.44. The molecule has 0 amide bonds. The molecular formula is C13H16N4O. The van der Waals surface area contributed by atoms with Crippen molar-refractivity contribution in [3.05, 3.63) is 47.7 Å². The molecule has 18 heavy (non-hydrogen) atoms. The molecule has 2 rings (SSSR count). The van der Waals surface area contributed by atoms with E-state index in [2.05, 4.69) is 20.3 Å². The third-order valence-corrected chi connectivity index (χ3v) is 2.44. The molecule has 0 saturated heterocycles. The summed E-state index contributed by atoms with van der Waals surface area (Å²) >= 11 is 0. The molecule has 0 bridgehead atoms. The smallest absolute Gasteiger partial charge is 0.213 e. The molecule has 5 nitrogen and oxygen atoms in total. The zero-order chi connectivity index (χ0) is 12.8. The second-order valence-electron chi connectivity index (χ2n) is 3.87. The first-order chi connectivity index (χ1) is 8.78. The van der Waals surface area contributed by atoms with Crippen molar-refractivity contribution in [2.75, 3.05) is 7.11 Å². The Morgan fingerprint density at radius 1 is 1.11 bits per heavy atom. The summed E-state index contributed by atoms with van der Waals surface area (Å²) < 4.78 is 5.08. The van der Waals surface area contributed by atoms with Gasteiger partial charge in [0, 0.05) is 25.4 Å². The van der Waals surface area contributed by atoms with Crippen molar-refractivity contribution in [1.82, 2.24) is 20.3 Å². The highest BCUT2D eigenvalue weighted by Gasteiger charge is 1.99. The molecule has 1 N–H and O–H groups in total. The number of pyridine rings is 1. The summed E-state index contributed by atoms with van der Waals surface area (Å²) in [4.78, 5) is 12.7. The maximum atomic E-state index is 5.08. The summed E-state index contributed by atoms with van der Waals surface area (Å²) in [5.74, 6) is 1.42. The lowest BCUT2D eigenvalue weighted by Gasteiger charge is -2.05. The Labute approximate surface area is 106 Å². The van der Waals surface area contributed by atoms with Crippen molar-refractivity contribution in [1.29, 1.82) is 0 Å². The van der Waals surface area contributed by atoms with Crippen LogP contribution in [0.5, 0.6) is 5.88 Å². The van der Waals surface area contributed by atoms with Gasteiger partial charge in [-0.05, 0) is 19.1 Å². The molecule has 2 heterocycles. The second-order valence-corrected chi connectivity index (χ2v) is 3.87. The van der Waals surface area contributed by atoms with Crippen LogP contribution < -0.4 is 10.1 Å². The Balaban J connectivity index is 1.88. The van der Waals surface area contributed by atoms with Crippen LogP contribution in [0.15, 0.2) is 30.5 Å². The van der Waals surface area contributed by atoms with Crippen LogP contribution in [0.1, 0.15) is 17.2 Å². The number of rotatable bonds is 5. The zero-order valence-electron chi connectivity index (χ0n) is 10.6. The lowest BCUT2D eigenvalue weighted by molar-refractivity contribution is 0.395. The Morgan fingerprint density at radius 2 is 1.89 bits per heavy atom. The number of nitrogens with one attached hydrogen (secondary N) is 1. The van der Waals surface area contributed by atoms with Crippen LogP contribution in [0, 0.1) is 6.92 Å². The molecule has 0 atom stereocenters. The van der Waals surface area contributed by atoms with Crippen molar-refractivity contribution in [3.8, 4) is 5.88 Å². The average molecular weight is 244 g/mol. The van der Waals surface area contributed by atoms with Gasteiger partial charge < -0.3 is 10.1 Å². The van der Waals surface area contributed by atoms with E-state index in [1.807, 2.05) is 31.2 Å². The number of nitrogens with zero attached hydrogens (tertiary/aromatic N) is 3. The molecule has 5 heteroatoms. The van der Waals surface area contributed by atoms with Gasteiger partial charge in [-0.15, -0.1) is 0 Å². The molecule has 0 aliphatic rings. The van der Waals surface area contributed by atoms with Gasteiger partial charge >= 0.3 is 0 Å². The van der Waals surface area contributed by atoms with E-state index in [0.717, 1.165) is 17.2 Å². The van der Waals surface area contributed by atoms with E-state index in [1.54, 1.807) is 13.3 Å². The number of methoxy groups -OCH3 is 1. The van der Waals surface area contributed by atoms with Crippen LogP contribution in [0.25, 0.3) is 0 Å². The highest BCUT2D eigenvalue weighted by Crippen LogP contribution is 2.06. The van der Waals surface area contributed by atoms with Crippen LogP contribution >= 0.6 is 0 Å². The molecule has 0 unspecified atom stereocenters. The van der Waals surface area contributed by atoms with Gasteiger partial charge in [-0.2, -0.15) is 0 Å². The van der Waals surface area contributed by atoms with Crippen molar-refractivity contribution in [3.63, 3.8) is 0 Å². The SMILES string of the molecule is COc1cccc(CNCc2ccnc(C)n2)n1. The van der Waals surface area contributed by atoms with Crippen molar-refractivity contribution in [2.24, 2.45) is 0 Å². The van der Waals surface area contributed by atoms with E-state index < -0.39 is 0 Å². The largest absolute Gasteiger partial charge is 0.481 e. The molecular weight excluding hydrogens is 228 g/mol. The minimum absolute atomic E-state index is 0.632. The summed E-state index contributed by atoms with van der Waals surface area (Å²) in [7, 11) is 1.61. The Kier molecular flexibility index (Phi) is 4.20. The number of hydrogen-bond acceptors (Lipinski definition) is 5. The van der Waals surface area contributed by atoms with Gasteiger partial charge in [0.25, 0.3) is 0 Å². The lowest BCUT2D eigenvalue weighted by atomic mass is 10.3. The maximum absolute atomic E-state index is 5.08. The molecule has 0 aliphatic heterocycles. The van der Waals surface area contributed by atoms with Crippen molar-refractivity contribution in [2.45, 2.75) is 20.0 Å². The lowest BCUT2D eigenvalue weighted by Crippen LogP contribution is -2.15. The molecule has 0 saturated carbocycles. The van der Waals surface area contributed by atoms with Crippen LogP contribution in [0.3, 0.4) is 0 Å². The fraction of sp³-hybridized carbons (Fsp3) is 0.308. The van der Waals surface area contributed by atoms with Gasteiger partial charge in [0.1, 0.15) is 5.82 Å². The molecule has 2 aromatic rings. The number of aromatic nitrogens is 3. The number of ether oxygens (including phenoxy) is 1. The van der Waals surface area contributed by atoms with Crippen molar-refractivity contribution >= 4 is 0 Å². The van der Waals surface area contributed by atoms with E-state index >= 15 is 0 Å². The first-order valence-electron chi connectivity index (χ1n) is 5.77. The standard InChI is InChI=1S/C13H16N4O/c1-10-15-7-6-12(16-10)9-14-8-11-4-3-5-13(17-11)18-2/h3-7,14H,8-9H2,1-2H3. The normalized spacial score (nSPS) is 10.3. The van der Waals surface area contributed by atoms with Gasteiger partial charge in [0.15, 0.2) is 0 Å². The molecule has 2 aromatic heterocycles. The van der Waals surface area contributed by atoms with Gasteiger partial charge in [-0.25, -0.2) is 15.0 Å². The summed E-state index contributed by atoms with van der Waals surface area (Å²) in [6.07, 6.45) is 1.77. The van der Waals surface area contributed by atoms with Gasteiger partial charge in [-0.3, -0.25) is 0 Å². The second kappa shape index (κ2) is 6.07. The molecule has 0 aliphatic carbocycles. The van der Waals surface area contributed by atoms with Crippen LogP contribution in [0.4, 0.5) is 0 Å². The topological polar surface area (TPSA) is 59.9 Å². The van der Waals surface area contributed by atoms with E-state index in [1.165, 1.54) is 0 Å². The molecule has 0 aromatic carbocycles. The van der Waals surface area contributed by atoms with E-state index in [-0.39, 0.29) is 0 Å². The number of aryl methyl sites for hydroxylation is 1. The van der Waals surface area contributed by atoms with Gasteiger partial charge in [-0.1, -0.05) is 6.07 Å². The van der Waals surface area contributed by atoms with Gasteiger partial charge in [0.2, 0.25) is 5.88 Å². The minimum Gasteiger partial charge on any atom is -0.481 e. The fourth-order valence-corrected chi connectivity index (χ4v) is 1.59. The van der Waals surface area contributed by atoms with Crippen molar-refractivity contribution < 1.29 is 4.74 Å². The highest BCUT2D eigenvalue weighted by molar-refractivity contribution is 5.15. The molecule has 0 spiro atoms. The quantitative estimate of drug-likeness (QED) is 0.863. The maximum Gasteiger partial charge on any atom is 0.213 e. The monoisotopic (exact) mass is 244 g/mol. The van der Waals surface area contributed by atoms with Crippen LogP contribution in [-0.2, 0) is 13.1 Å². The highest BCUT2D eigenvalue weighted by atomic mass is 16.5. The minimum atomic E-state index is 0.632. The van der Waals surface area contributed by atoms with E-state index in [9.17, 15) is 0 Å². The summed E-state index contributed by atoms with van der Waals surface area (Å²) in [5, 5.41) is 3.29. The van der Waals surface area contributed by atoms with E-state index in [4.69, 9.17) is 4.74 Å². The molecule has 0 fully saturated rings.